The summed E-state index contributed by atoms with van der Waals surface area (Å²) in [7, 11) is 0. The number of carbonyl (C=O) groups excluding carboxylic acids is 5. The van der Waals surface area contributed by atoms with E-state index in [9.17, 15) is 24.0 Å². The van der Waals surface area contributed by atoms with Crippen LogP contribution in [-0.2, 0) is 20.7 Å². The van der Waals surface area contributed by atoms with Gasteiger partial charge in [-0.1, -0.05) is 107 Å². The molecule has 0 bridgehead atoms. The first-order chi connectivity index (χ1) is 30.4. The molecule has 2 heterocycles. The first kappa shape index (κ1) is 48.8. The topological polar surface area (TPSA) is 132 Å². The highest BCUT2D eigenvalue weighted by Crippen LogP contribution is 2.30. The third-order valence-electron chi connectivity index (χ3n) is 14.5. The van der Waals surface area contributed by atoms with Crippen LogP contribution in [0.5, 0.6) is 0 Å². The molecule has 1 aromatic carbocycles. The Morgan fingerprint density at radius 1 is 0.571 bits per heavy atom. The fourth-order valence-electron chi connectivity index (χ4n) is 11.0. The molecule has 4 aliphatic carbocycles. The predicted molar refractivity (Wildman–Crippen MR) is 248 cm³/mol. The number of amides is 7. The van der Waals surface area contributed by atoms with Crippen LogP contribution in [-0.4, -0.2) is 112 Å². The number of rotatable bonds is 9. The zero-order chi connectivity index (χ0) is 44.6. The van der Waals surface area contributed by atoms with Gasteiger partial charge in [0, 0.05) is 50.3 Å². The summed E-state index contributed by atoms with van der Waals surface area (Å²) in [4.78, 5) is 73.8. The molecule has 2 N–H and O–H groups in total. The van der Waals surface area contributed by atoms with Crippen LogP contribution in [0.1, 0.15) is 180 Å². The van der Waals surface area contributed by atoms with Gasteiger partial charge in [-0.05, 0) is 116 Å². The third-order valence-corrected chi connectivity index (χ3v) is 14.5. The minimum absolute atomic E-state index is 0.0262. The largest absolute Gasteiger partial charge is 0.444 e. The summed E-state index contributed by atoms with van der Waals surface area (Å²) in [5.41, 5.74) is 0.777. The highest BCUT2D eigenvalue weighted by molar-refractivity contribution is 5.97. The molecule has 12 nitrogen and oxygen atoms in total. The minimum atomic E-state index is -0.567. The second-order valence-electron chi connectivity index (χ2n) is 20.7. The Hall–Kier alpha value is -3.67. The molecule has 2 atom stereocenters. The van der Waals surface area contributed by atoms with Gasteiger partial charge in [0.1, 0.15) is 5.60 Å². The molecule has 2 saturated heterocycles. The van der Waals surface area contributed by atoms with Gasteiger partial charge in [-0.2, -0.15) is 0 Å². The number of nitrogens with one attached hydrogen (secondary N) is 2. The van der Waals surface area contributed by atoms with E-state index in [0.29, 0.717) is 19.5 Å². The van der Waals surface area contributed by atoms with Crippen molar-refractivity contribution in [2.45, 2.75) is 211 Å². The lowest BCUT2D eigenvalue weighted by Gasteiger charge is -2.39. The Labute approximate surface area is 379 Å². The van der Waals surface area contributed by atoms with E-state index in [1.54, 1.807) is 9.80 Å². The van der Waals surface area contributed by atoms with Crippen LogP contribution < -0.4 is 10.6 Å². The lowest BCUT2D eigenvalue weighted by atomic mass is 9.91. The molecule has 63 heavy (non-hydrogen) atoms. The van der Waals surface area contributed by atoms with Crippen LogP contribution in [0.15, 0.2) is 30.3 Å². The number of urea groups is 2. The van der Waals surface area contributed by atoms with Crippen molar-refractivity contribution in [3.63, 3.8) is 0 Å². The number of ether oxygens (including phenoxy) is 1. The smallest absolute Gasteiger partial charge is 0.410 e. The Kier molecular flexibility index (Phi) is 19.0. The number of imide groups is 2. The number of carbonyl (C=O) groups is 5. The van der Waals surface area contributed by atoms with E-state index >= 15 is 0 Å². The average Bonchev–Trinajstić information content (AvgIpc) is 3.30. The van der Waals surface area contributed by atoms with Gasteiger partial charge in [-0.25, -0.2) is 14.4 Å². The first-order valence-corrected chi connectivity index (χ1v) is 25.5. The maximum absolute atomic E-state index is 13.7. The van der Waals surface area contributed by atoms with Gasteiger partial charge in [-0.15, -0.1) is 0 Å². The van der Waals surface area contributed by atoms with Gasteiger partial charge < -0.3 is 25.2 Å². The summed E-state index contributed by atoms with van der Waals surface area (Å²) in [6, 6.07) is 10.7. The van der Waals surface area contributed by atoms with Crippen molar-refractivity contribution in [3.05, 3.63) is 35.9 Å². The molecule has 7 amide bonds. The molecular formula is C51H82N6O6. The van der Waals surface area contributed by atoms with E-state index in [1.165, 1.54) is 49.0 Å². The summed E-state index contributed by atoms with van der Waals surface area (Å²) in [5.74, 6) is -0.443. The summed E-state index contributed by atoms with van der Waals surface area (Å²) in [5, 5.41) is 6.41. The molecule has 6 aliphatic rings. The normalized spacial score (nSPS) is 23.7. The summed E-state index contributed by atoms with van der Waals surface area (Å²) >= 11 is 0. The van der Waals surface area contributed by atoms with Gasteiger partial charge in [0.15, 0.2) is 0 Å². The van der Waals surface area contributed by atoms with Crippen LogP contribution in [0.25, 0.3) is 0 Å². The van der Waals surface area contributed by atoms with Crippen molar-refractivity contribution in [2.24, 2.45) is 11.8 Å². The van der Waals surface area contributed by atoms with Crippen LogP contribution in [0.3, 0.4) is 0 Å². The molecule has 7 rings (SSSR count). The highest BCUT2D eigenvalue weighted by Gasteiger charge is 2.40. The molecule has 6 fully saturated rings. The molecule has 4 saturated carbocycles. The minimum Gasteiger partial charge on any atom is -0.444 e. The number of piperidine rings is 2. The third kappa shape index (κ3) is 15.2. The Bertz CT molecular complexity index is 1590. The fraction of sp³-hybridized carbons (Fsp3) is 0.784. The van der Waals surface area contributed by atoms with E-state index in [2.05, 4.69) is 45.9 Å². The Morgan fingerprint density at radius 3 is 1.49 bits per heavy atom. The Morgan fingerprint density at radius 2 is 1.02 bits per heavy atom. The monoisotopic (exact) mass is 875 g/mol. The van der Waals surface area contributed by atoms with Gasteiger partial charge in [0.25, 0.3) is 0 Å². The van der Waals surface area contributed by atoms with Gasteiger partial charge in [0.2, 0.25) is 11.8 Å². The standard InChI is InChI=1S/C27H41N3O2.C24H41N3O4/c31-26(23-13-10-19-29(21-23)20-18-22-11-4-1-5-12-22)30(25-16-8-3-9-17-25)27(32)28-24-14-6-2-7-15-24;1-24(2,3)31-23(30)26-16-10-11-18(17-26)21(28)27(20-14-8-5-9-15-20)22(29)25-19-12-6-4-7-13-19/h1,4-5,11-12,23-25H,2-3,6-10,13-21H2,(H,28,32);18-20H,4-17H2,1-3H3,(H,25,29)/t23-;18-/m00/s1. The van der Waals surface area contributed by atoms with Crippen molar-refractivity contribution in [2.75, 3.05) is 32.7 Å². The van der Waals surface area contributed by atoms with Crippen LogP contribution >= 0.6 is 0 Å². The predicted octanol–water partition coefficient (Wildman–Crippen LogP) is 9.98. The molecule has 2 aliphatic heterocycles. The molecule has 1 aromatic rings. The second kappa shape index (κ2) is 24.6. The van der Waals surface area contributed by atoms with E-state index < -0.39 is 5.60 Å². The Balaban J connectivity index is 0.000000210. The number of hydrogen-bond donors (Lipinski definition) is 2. The molecule has 0 unspecified atom stereocenters. The molecule has 0 aromatic heterocycles. The van der Waals surface area contributed by atoms with Crippen LogP contribution in [0, 0.1) is 11.8 Å². The average molecular weight is 875 g/mol. The van der Waals surface area contributed by atoms with E-state index in [-0.39, 0.29) is 66.0 Å². The number of nitrogens with zero attached hydrogens (tertiary/aromatic N) is 4. The summed E-state index contributed by atoms with van der Waals surface area (Å²) in [6.07, 6.45) is 25.7. The number of benzene rings is 1. The van der Waals surface area contributed by atoms with Crippen molar-refractivity contribution in [1.82, 2.24) is 30.2 Å². The number of hydrogen-bond acceptors (Lipinski definition) is 7. The SMILES string of the molecule is CC(C)(C)OC(=O)N1CCC[C@H](C(=O)N(C(=O)NC2CCCCC2)C2CCCCC2)C1.O=C(NC1CCCCC1)N(C(=O)[C@H]1CCCN(CCc2ccccc2)C1)C1CCCCC1. The molecule has 0 radical (unpaired) electrons. The van der Waals surface area contributed by atoms with Gasteiger partial charge >= 0.3 is 18.2 Å². The molecule has 352 valence electrons. The molecule has 0 spiro atoms. The van der Waals surface area contributed by atoms with Crippen LogP contribution in [0.4, 0.5) is 14.4 Å². The fourth-order valence-corrected chi connectivity index (χ4v) is 11.0. The maximum atomic E-state index is 13.7. The van der Waals surface area contributed by atoms with E-state index in [1.807, 2.05) is 20.8 Å². The van der Waals surface area contributed by atoms with E-state index in [0.717, 1.165) is 135 Å². The summed E-state index contributed by atoms with van der Waals surface area (Å²) in [6.45, 7) is 9.27. The van der Waals surface area contributed by atoms with Crippen molar-refractivity contribution in [3.8, 4) is 0 Å². The van der Waals surface area contributed by atoms with Gasteiger partial charge in [-0.3, -0.25) is 19.4 Å². The highest BCUT2D eigenvalue weighted by atomic mass is 16.6. The summed E-state index contributed by atoms with van der Waals surface area (Å²) < 4.78 is 5.51. The lowest BCUT2D eigenvalue weighted by molar-refractivity contribution is -0.137. The second-order valence-corrected chi connectivity index (χ2v) is 20.7. The van der Waals surface area contributed by atoms with E-state index in [4.69, 9.17) is 4.74 Å². The lowest BCUT2D eigenvalue weighted by Crippen LogP contribution is -2.56. The van der Waals surface area contributed by atoms with Crippen molar-refractivity contribution < 1.29 is 28.7 Å². The maximum Gasteiger partial charge on any atom is 0.410 e. The zero-order valence-electron chi connectivity index (χ0n) is 39.3. The van der Waals surface area contributed by atoms with Crippen molar-refractivity contribution in [1.29, 1.82) is 0 Å². The van der Waals surface area contributed by atoms with Gasteiger partial charge in [0.05, 0.1) is 11.8 Å². The van der Waals surface area contributed by atoms with Crippen LogP contribution in [0.2, 0.25) is 0 Å². The first-order valence-electron chi connectivity index (χ1n) is 25.5. The quantitative estimate of drug-likeness (QED) is 0.253. The number of likely N-dealkylation sites (tertiary alicyclic amines) is 2. The molecule has 12 heteroatoms. The van der Waals surface area contributed by atoms with Crippen molar-refractivity contribution >= 4 is 30.0 Å². The molecular weight excluding hydrogens is 793 g/mol. The zero-order valence-corrected chi connectivity index (χ0v) is 39.3.